The van der Waals surface area contributed by atoms with E-state index in [-0.39, 0.29) is 45.1 Å². The van der Waals surface area contributed by atoms with Crippen molar-refractivity contribution in [2.75, 3.05) is 23.4 Å². The average molecular weight is 596 g/mol. The van der Waals surface area contributed by atoms with Crippen LogP contribution in [0.5, 0.6) is 0 Å². The van der Waals surface area contributed by atoms with Gasteiger partial charge in [-0.25, -0.2) is 27.2 Å². The number of nitrogens with zero attached hydrogens (tertiary/aromatic N) is 3. The summed E-state index contributed by atoms with van der Waals surface area (Å²) in [7, 11) is -3.23. The molecule has 0 saturated carbocycles. The van der Waals surface area contributed by atoms with Crippen LogP contribution in [-0.2, 0) is 9.84 Å². The van der Waals surface area contributed by atoms with E-state index in [0.717, 1.165) is 25.1 Å². The number of aromatic nitrogens is 2. The predicted octanol–water partition coefficient (Wildman–Crippen LogP) is 4.05. The van der Waals surface area contributed by atoms with Gasteiger partial charge in [0.25, 0.3) is 18.2 Å². The predicted molar refractivity (Wildman–Crippen MR) is 134 cm³/mol. The van der Waals surface area contributed by atoms with E-state index in [4.69, 9.17) is 0 Å². The summed E-state index contributed by atoms with van der Waals surface area (Å²) in [5, 5.41) is 4.40. The molecule has 0 unspecified atom stereocenters. The molecule has 0 bridgehead atoms. The molecule has 0 aromatic carbocycles. The van der Waals surface area contributed by atoms with Gasteiger partial charge in [-0.05, 0) is 32.3 Å². The van der Waals surface area contributed by atoms with Gasteiger partial charge in [-0.2, -0.15) is 13.2 Å². The Morgan fingerprint density at radius 3 is 2.49 bits per heavy atom. The number of sulfone groups is 1. The molecule has 0 spiro atoms. The lowest BCUT2D eigenvalue weighted by molar-refractivity contribution is -0.142. The van der Waals surface area contributed by atoms with Crippen LogP contribution in [0.3, 0.4) is 0 Å². The summed E-state index contributed by atoms with van der Waals surface area (Å²) in [6.45, 7) is 3.50. The normalized spacial score (nSPS) is 20.1. The van der Waals surface area contributed by atoms with Crippen LogP contribution in [0.4, 0.5) is 27.8 Å². The highest BCUT2D eigenvalue weighted by Crippen LogP contribution is 2.39. The van der Waals surface area contributed by atoms with Crippen LogP contribution in [0.2, 0.25) is 0 Å². The van der Waals surface area contributed by atoms with Gasteiger partial charge in [-0.15, -0.1) is 11.3 Å². The van der Waals surface area contributed by atoms with Crippen molar-refractivity contribution >= 4 is 38.8 Å². The maximum absolute atomic E-state index is 14.2. The zero-order valence-electron chi connectivity index (χ0n) is 20.9. The number of pyridine rings is 1. The summed E-state index contributed by atoms with van der Waals surface area (Å²) in [5.74, 6) is -2.28. The van der Waals surface area contributed by atoms with Crippen LogP contribution in [0, 0.1) is 0 Å². The molecule has 214 valence electrons. The van der Waals surface area contributed by atoms with E-state index in [2.05, 4.69) is 20.6 Å². The zero-order chi connectivity index (χ0) is 28.7. The third-order valence-corrected chi connectivity index (χ3v) is 9.53. The van der Waals surface area contributed by atoms with E-state index in [0.29, 0.717) is 17.9 Å². The Bertz CT molecular complexity index is 1350. The third-order valence-electron chi connectivity index (χ3n) is 6.62. The fraction of sp³-hybridized carbons (Fsp3) is 0.565. The molecule has 2 aromatic rings. The standard InChI is InChI=1S/C23H26F5N5O4S2/c1-3-15(23(26,27)28)31-16-7-13(19(24)25)14(8-29-16)18-17(22(35)33-6-4-5-11(33)2)32-21(38-18)20(34)30-12-9-39(36,37)10-12/h7-8,11-12,15,19H,3-6,9-10H2,1-2H3,(H,29,31)(H,30,34)/t11-,15-/m0/s1. The Labute approximate surface area is 225 Å². The van der Waals surface area contributed by atoms with Crippen LogP contribution < -0.4 is 10.6 Å². The fourth-order valence-electron chi connectivity index (χ4n) is 4.52. The summed E-state index contributed by atoms with van der Waals surface area (Å²) in [6.07, 6.45) is -5.77. The lowest BCUT2D eigenvalue weighted by Crippen LogP contribution is -2.52. The Kier molecular flexibility index (Phi) is 8.17. The number of rotatable bonds is 8. The van der Waals surface area contributed by atoms with Gasteiger partial charge in [0.1, 0.15) is 17.6 Å². The summed E-state index contributed by atoms with van der Waals surface area (Å²) in [5.41, 5.74) is -1.19. The van der Waals surface area contributed by atoms with E-state index >= 15 is 0 Å². The lowest BCUT2D eigenvalue weighted by atomic mass is 10.1. The highest BCUT2D eigenvalue weighted by molar-refractivity contribution is 7.92. The molecule has 2 atom stereocenters. The SMILES string of the molecule is CC[C@H](Nc1cc(C(F)F)c(-c2sc(C(=O)NC3CS(=O)(=O)C3)nc2C(=O)N2CCC[C@@H]2C)cn1)C(F)(F)F. The highest BCUT2D eigenvalue weighted by atomic mass is 32.2. The van der Waals surface area contributed by atoms with Gasteiger partial charge in [0, 0.05) is 29.9 Å². The number of anilines is 1. The van der Waals surface area contributed by atoms with Crippen molar-refractivity contribution in [3.05, 3.63) is 28.5 Å². The number of thiazole rings is 1. The van der Waals surface area contributed by atoms with Crippen molar-refractivity contribution in [1.29, 1.82) is 0 Å². The van der Waals surface area contributed by atoms with Crippen molar-refractivity contribution < 1.29 is 40.0 Å². The first-order valence-corrected chi connectivity index (χ1v) is 14.8. The maximum Gasteiger partial charge on any atom is 0.408 e. The van der Waals surface area contributed by atoms with Gasteiger partial charge in [-0.3, -0.25) is 9.59 Å². The summed E-state index contributed by atoms with van der Waals surface area (Å²) in [6, 6.07) is -2.02. The molecule has 39 heavy (non-hydrogen) atoms. The monoisotopic (exact) mass is 595 g/mol. The van der Waals surface area contributed by atoms with Gasteiger partial charge < -0.3 is 15.5 Å². The van der Waals surface area contributed by atoms with Crippen LogP contribution in [-0.4, -0.2) is 77.5 Å². The lowest BCUT2D eigenvalue weighted by Gasteiger charge is -2.25. The van der Waals surface area contributed by atoms with Crippen molar-refractivity contribution in [1.82, 2.24) is 20.2 Å². The molecule has 16 heteroatoms. The number of likely N-dealkylation sites (tertiary alicyclic amines) is 1. The molecule has 2 amide bonds. The second-order valence-corrected chi connectivity index (χ2v) is 12.7. The summed E-state index contributed by atoms with van der Waals surface area (Å²) >= 11 is 0.652. The molecule has 2 fully saturated rings. The van der Waals surface area contributed by atoms with Crippen molar-refractivity contribution in [3.63, 3.8) is 0 Å². The molecular weight excluding hydrogens is 569 g/mol. The number of alkyl halides is 5. The first kappa shape index (κ1) is 29.1. The second kappa shape index (κ2) is 10.9. The van der Waals surface area contributed by atoms with Gasteiger partial charge >= 0.3 is 6.18 Å². The molecule has 2 aliphatic rings. The summed E-state index contributed by atoms with van der Waals surface area (Å²) in [4.78, 5) is 35.7. The van der Waals surface area contributed by atoms with Crippen LogP contribution in [0.1, 0.15) is 65.4 Å². The Balaban J connectivity index is 1.73. The molecule has 2 aliphatic heterocycles. The molecule has 0 aliphatic carbocycles. The minimum atomic E-state index is -4.63. The van der Waals surface area contributed by atoms with Crippen LogP contribution >= 0.6 is 11.3 Å². The van der Waals surface area contributed by atoms with Crippen LogP contribution in [0.25, 0.3) is 10.4 Å². The summed E-state index contributed by atoms with van der Waals surface area (Å²) < 4.78 is 90.9. The largest absolute Gasteiger partial charge is 0.408 e. The van der Waals surface area contributed by atoms with E-state index in [1.807, 2.05) is 6.92 Å². The van der Waals surface area contributed by atoms with E-state index in [9.17, 15) is 40.0 Å². The number of carbonyl (C=O) groups excluding carboxylic acids is 2. The molecule has 2 saturated heterocycles. The van der Waals surface area contributed by atoms with Gasteiger partial charge in [0.2, 0.25) is 0 Å². The smallest absolute Gasteiger partial charge is 0.359 e. The van der Waals surface area contributed by atoms with Crippen molar-refractivity contribution in [2.24, 2.45) is 0 Å². The number of amides is 2. The Morgan fingerprint density at radius 1 is 1.26 bits per heavy atom. The minimum absolute atomic E-state index is 0.0808. The number of carbonyl (C=O) groups is 2. The first-order valence-electron chi connectivity index (χ1n) is 12.1. The fourth-order valence-corrected chi connectivity index (χ4v) is 6.81. The van der Waals surface area contributed by atoms with Crippen molar-refractivity contribution in [3.8, 4) is 10.4 Å². The van der Waals surface area contributed by atoms with Crippen molar-refractivity contribution in [2.45, 2.75) is 63.8 Å². The minimum Gasteiger partial charge on any atom is -0.359 e. The first-order chi connectivity index (χ1) is 18.2. The maximum atomic E-state index is 14.2. The Morgan fingerprint density at radius 2 is 1.95 bits per heavy atom. The molecule has 9 nitrogen and oxygen atoms in total. The Hall–Kier alpha value is -2.88. The molecule has 4 heterocycles. The quantitative estimate of drug-likeness (QED) is 0.442. The number of hydrogen-bond acceptors (Lipinski definition) is 8. The molecule has 2 aromatic heterocycles. The third kappa shape index (κ3) is 6.31. The zero-order valence-corrected chi connectivity index (χ0v) is 22.5. The van der Waals surface area contributed by atoms with E-state index in [1.54, 1.807) is 0 Å². The molecule has 4 rings (SSSR count). The van der Waals surface area contributed by atoms with Gasteiger partial charge in [0.05, 0.1) is 22.4 Å². The highest BCUT2D eigenvalue weighted by Gasteiger charge is 2.39. The molecule has 2 N–H and O–H groups in total. The number of nitrogens with one attached hydrogen (secondary N) is 2. The average Bonchev–Trinajstić information content (AvgIpc) is 3.46. The molecule has 0 radical (unpaired) electrons. The molecular formula is C23H26F5N5O4S2. The number of halogens is 5. The topological polar surface area (TPSA) is 121 Å². The number of hydrogen-bond donors (Lipinski definition) is 2. The van der Waals surface area contributed by atoms with Gasteiger partial charge in [-0.1, -0.05) is 6.92 Å². The van der Waals surface area contributed by atoms with Crippen LogP contribution in [0.15, 0.2) is 12.3 Å². The van der Waals surface area contributed by atoms with E-state index < -0.39 is 57.7 Å². The van der Waals surface area contributed by atoms with E-state index in [1.165, 1.54) is 11.8 Å². The van der Waals surface area contributed by atoms with Gasteiger partial charge in [0.15, 0.2) is 14.8 Å². The second-order valence-electron chi connectivity index (χ2n) is 9.54.